The summed E-state index contributed by atoms with van der Waals surface area (Å²) in [6.45, 7) is 40.3. The maximum atomic E-state index is 7.16. The summed E-state index contributed by atoms with van der Waals surface area (Å²) in [5.41, 5.74) is 21.5. The van der Waals surface area contributed by atoms with Gasteiger partial charge in [0.2, 0.25) is 0 Å². The third kappa shape index (κ3) is 8.05. The highest BCUT2D eigenvalue weighted by molar-refractivity contribution is 7.26. The van der Waals surface area contributed by atoms with E-state index in [4.69, 9.17) is 39.2 Å². The number of nitrogens with zero attached hydrogens (tertiary/aromatic N) is 2. The molecule has 0 N–H and O–H groups in total. The normalized spacial score (nSPS) is 18.1. The highest BCUT2D eigenvalue weighted by Crippen LogP contribution is 2.55. The molecule has 2 aliphatic heterocycles. The zero-order valence-corrected chi connectivity index (χ0v) is 48.9. The van der Waals surface area contributed by atoms with Crippen molar-refractivity contribution in [2.45, 2.75) is 181 Å². The van der Waals surface area contributed by atoms with Crippen molar-refractivity contribution in [3.63, 3.8) is 0 Å². The molecule has 0 fully saturated rings. The molecule has 370 valence electrons. The molecule has 0 spiro atoms. The SMILES string of the molecule is [B]c1c([B])c([B])c(-c2cc3c4c(c2)N(c2ccc5c(c2)C(C)(C)CCC5(C)C)c2sc5cc6c(cc5c2B4c2ccc(C(C)(C)C)cc2N3c2cc(C(C)(C)C)cc(C(C)(C)C)c2)C(C)(C)CCC6(C)C)c([B])c1[B]. The van der Waals surface area contributed by atoms with E-state index in [1.165, 1.54) is 76.1 Å². The molecule has 0 saturated heterocycles. The fourth-order valence-electron chi connectivity index (χ4n) is 13.2. The molecule has 0 atom stereocenters. The Morgan fingerprint density at radius 1 is 0.440 bits per heavy atom. The molecule has 3 heterocycles. The molecule has 0 saturated carbocycles. The number of anilines is 6. The largest absolute Gasteiger partial charge is 0.311 e. The van der Waals surface area contributed by atoms with Crippen molar-refractivity contribution in [2.75, 3.05) is 9.80 Å². The minimum absolute atomic E-state index is 0.0193. The summed E-state index contributed by atoms with van der Waals surface area (Å²) in [6, 6.07) is 31.8. The van der Waals surface area contributed by atoms with Gasteiger partial charge in [-0.1, -0.05) is 153 Å². The molecule has 4 aliphatic rings. The smallest absolute Gasteiger partial charge is 0.254 e. The van der Waals surface area contributed by atoms with Crippen LogP contribution in [-0.4, -0.2) is 45.9 Å². The first kappa shape index (κ1) is 52.3. The predicted octanol–water partition coefficient (Wildman–Crippen LogP) is 11.2. The van der Waals surface area contributed by atoms with Gasteiger partial charge in [-0.25, -0.2) is 0 Å². The summed E-state index contributed by atoms with van der Waals surface area (Å²) in [6.07, 6.45) is 4.54. The summed E-state index contributed by atoms with van der Waals surface area (Å²) in [4.78, 5) is 5.16. The van der Waals surface area contributed by atoms with E-state index in [2.05, 4.69) is 206 Å². The lowest BCUT2D eigenvalue weighted by molar-refractivity contribution is 0.332. The van der Waals surface area contributed by atoms with E-state index in [0.29, 0.717) is 16.5 Å². The van der Waals surface area contributed by atoms with Crippen LogP contribution in [0.25, 0.3) is 21.2 Å². The zero-order valence-electron chi connectivity index (χ0n) is 48.1. The van der Waals surface area contributed by atoms with Crippen molar-refractivity contribution in [1.29, 1.82) is 0 Å². The van der Waals surface area contributed by atoms with Crippen LogP contribution in [0.4, 0.5) is 33.4 Å². The second-order valence-electron chi connectivity index (χ2n) is 28.7. The van der Waals surface area contributed by atoms with Crippen LogP contribution in [0.15, 0.2) is 78.9 Å². The second-order valence-corrected chi connectivity index (χ2v) is 29.8. The Labute approximate surface area is 461 Å². The van der Waals surface area contributed by atoms with Gasteiger partial charge < -0.3 is 9.80 Å². The van der Waals surface area contributed by atoms with Gasteiger partial charge in [0.25, 0.3) is 6.71 Å². The molecule has 2 nitrogen and oxygen atoms in total. The summed E-state index contributed by atoms with van der Waals surface area (Å²) >= 11 is 1.94. The first-order valence-corrected chi connectivity index (χ1v) is 28.3. The number of fused-ring (bicyclic) bond motifs is 8. The molecule has 1 aromatic heterocycles. The van der Waals surface area contributed by atoms with Crippen LogP contribution in [-0.2, 0) is 37.9 Å². The topological polar surface area (TPSA) is 6.48 Å². The number of thiophene rings is 1. The van der Waals surface area contributed by atoms with Gasteiger partial charge in [0.15, 0.2) is 0 Å². The van der Waals surface area contributed by atoms with Crippen LogP contribution in [0.3, 0.4) is 0 Å². The van der Waals surface area contributed by atoms with Crippen LogP contribution >= 0.6 is 11.3 Å². The lowest BCUT2D eigenvalue weighted by Crippen LogP contribution is -2.61. The van der Waals surface area contributed by atoms with Gasteiger partial charge in [-0.3, -0.25) is 0 Å². The summed E-state index contributed by atoms with van der Waals surface area (Å²) in [5.74, 6) is 0. The van der Waals surface area contributed by atoms with E-state index < -0.39 is 0 Å². The Balaban J connectivity index is 1.35. The number of rotatable bonds is 3. The maximum Gasteiger partial charge on any atom is 0.254 e. The van der Waals surface area contributed by atoms with E-state index in [-0.39, 0.29) is 61.0 Å². The number of benzene rings is 6. The van der Waals surface area contributed by atoms with Gasteiger partial charge in [-0.05, 0) is 190 Å². The molecule has 2 aliphatic carbocycles. The molecule has 7 aromatic rings. The van der Waals surface area contributed by atoms with Gasteiger partial charge >= 0.3 is 0 Å². The molecule has 6 aromatic carbocycles. The highest BCUT2D eigenvalue weighted by Gasteiger charge is 2.48. The van der Waals surface area contributed by atoms with Crippen LogP contribution in [0.5, 0.6) is 0 Å². The van der Waals surface area contributed by atoms with Gasteiger partial charge in [-0.2, -0.15) is 0 Å². The average Bonchev–Trinajstić information content (AvgIpc) is 3.77. The van der Waals surface area contributed by atoms with Crippen molar-refractivity contribution in [3.8, 4) is 11.1 Å². The zero-order chi connectivity index (χ0) is 54.4. The van der Waals surface area contributed by atoms with Crippen LogP contribution in [0.2, 0.25) is 0 Å². The van der Waals surface area contributed by atoms with E-state index in [0.717, 1.165) is 54.0 Å². The van der Waals surface area contributed by atoms with E-state index in [1.807, 2.05) is 11.3 Å². The first-order valence-electron chi connectivity index (χ1n) is 27.5. The minimum Gasteiger partial charge on any atom is -0.311 e. The molecule has 0 unspecified atom stereocenters. The Morgan fingerprint density at radius 2 is 0.920 bits per heavy atom. The average molecular weight is 990 g/mol. The summed E-state index contributed by atoms with van der Waals surface area (Å²) < 4.78 is 1.32. The van der Waals surface area contributed by atoms with Crippen LogP contribution in [0, 0.1) is 0 Å². The molecular weight excluding hydrogens is 918 g/mol. The molecule has 9 heteroatoms. The van der Waals surface area contributed by atoms with Gasteiger partial charge in [0.1, 0.15) is 39.2 Å². The fraction of sp³-hybridized carbons (Fsp3) is 0.424. The van der Waals surface area contributed by atoms with Crippen molar-refractivity contribution in [2.24, 2.45) is 0 Å². The Hall–Kier alpha value is -4.73. The highest BCUT2D eigenvalue weighted by atomic mass is 32.1. The minimum atomic E-state index is -0.134. The Morgan fingerprint density at radius 3 is 1.45 bits per heavy atom. The lowest BCUT2D eigenvalue weighted by atomic mass is 9.33. The first-order chi connectivity index (χ1) is 34.6. The van der Waals surface area contributed by atoms with Crippen molar-refractivity contribution < 1.29 is 0 Å². The van der Waals surface area contributed by atoms with Gasteiger partial charge in [0.05, 0.1) is 5.00 Å². The monoisotopic (exact) mass is 991 g/mol. The second kappa shape index (κ2) is 16.6. The predicted molar refractivity (Wildman–Crippen MR) is 335 cm³/mol. The van der Waals surface area contributed by atoms with E-state index in [1.54, 1.807) is 0 Å². The summed E-state index contributed by atoms with van der Waals surface area (Å²) in [7, 11) is 34.5. The third-order valence-corrected chi connectivity index (χ3v) is 19.7. The van der Waals surface area contributed by atoms with E-state index in [9.17, 15) is 0 Å². The summed E-state index contributed by atoms with van der Waals surface area (Å²) in [5, 5.41) is 2.57. The van der Waals surface area contributed by atoms with Crippen molar-refractivity contribution in [1.82, 2.24) is 0 Å². The van der Waals surface area contributed by atoms with Crippen LogP contribution < -0.4 is 53.5 Å². The fourth-order valence-corrected chi connectivity index (χ4v) is 14.5. The molecule has 10 radical (unpaired) electrons. The quantitative estimate of drug-likeness (QED) is 0.163. The Bertz CT molecular complexity index is 3530. The molecule has 11 rings (SSSR count). The van der Waals surface area contributed by atoms with Gasteiger partial charge in [-0.15, -0.1) is 27.7 Å². The molecular formula is C66H72B6N2S. The van der Waals surface area contributed by atoms with Crippen molar-refractivity contribution in [3.05, 3.63) is 118 Å². The third-order valence-electron chi connectivity index (χ3n) is 18.5. The molecule has 75 heavy (non-hydrogen) atoms. The number of hydrogen-bond donors (Lipinski definition) is 0. The van der Waals surface area contributed by atoms with E-state index >= 15 is 0 Å². The standard InChI is InChI=1S/C66H72B6N2S/c1-60(2,3)36-18-21-46-47(31-36)73(40-29-37(61(4,5)6)28-38(30-40)62(7,8)9)48-26-35(51-52(67)54(69)56(71)55(70)53(51)68)27-49-58(48)72(46)57-41-33-44-45(66(16,17)25-24-65(44,14)15)34-50(41)75-59(57)74(49)39-19-20-42-43(32-39)64(12,13)23-22-63(42,10)11/h18-21,26-34H,22-25H2,1-17H3. The maximum absolute atomic E-state index is 7.16. The molecule has 0 amide bonds. The lowest BCUT2D eigenvalue weighted by Gasteiger charge is -2.45. The van der Waals surface area contributed by atoms with Crippen molar-refractivity contribution >= 4 is 145 Å². The van der Waals surface area contributed by atoms with Gasteiger partial charge in [0, 0.05) is 33.1 Å². The molecule has 0 bridgehead atoms. The van der Waals surface area contributed by atoms with Crippen LogP contribution in [0.1, 0.15) is 182 Å². The Kier molecular flexibility index (Phi) is 11.6. The number of hydrogen-bond acceptors (Lipinski definition) is 3.